The van der Waals surface area contributed by atoms with Crippen LogP contribution in [0.4, 0.5) is 0 Å². The van der Waals surface area contributed by atoms with E-state index in [1.165, 1.54) is 0 Å². The van der Waals surface area contributed by atoms with Crippen molar-refractivity contribution in [2.75, 3.05) is 6.54 Å². The lowest BCUT2D eigenvalue weighted by molar-refractivity contribution is -0.191. The normalized spacial score (nSPS) is 12.2. The second-order valence-electron chi connectivity index (χ2n) is 1.62. The molecule has 0 aromatic heterocycles. The first-order valence-electron chi connectivity index (χ1n) is 2.77. The van der Waals surface area contributed by atoms with Crippen molar-refractivity contribution in [3.05, 3.63) is 0 Å². The van der Waals surface area contributed by atoms with Crippen molar-refractivity contribution >= 4 is 11.9 Å². The minimum Gasteiger partial charge on any atom is -0.480 e. The van der Waals surface area contributed by atoms with Gasteiger partial charge in [0.25, 0.3) is 6.29 Å². The van der Waals surface area contributed by atoms with Crippen molar-refractivity contribution in [3.63, 3.8) is 0 Å². The summed E-state index contributed by atoms with van der Waals surface area (Å²) < 4.78 is 0. The minimum atomic E-state index is -1.92. The third-order valence-electron chi connectivity index (χ3n) is 0.727. The molecule has 0 aromatic carbocycles. The molecular formula is C4H8N2O6. The molecule has 12 heavy (non-hydrogen) atoms. The largest absolute Gasteiger partial charge is 0.480 e. The first-order chi connectivity index (χ1) is 5.57. The zero-order valence-electron chi connectivity index (χ0n) is 5.89. The van der Waals surface area contributed by atoms with Gasteiger partial charge in [-0.1, -0.05) is 0 Å². The van der Waals surface area contributed by atoms with Crippen molar-refractivity contribution in [1.82, 2.24) is 5.48 Å². The fraction of sp³-hybridized carbons (Fsp3) is 0.500. The summed E-state index contributed by atoms with van der Waals surface area (Å²) in [6.07, 6.45) is -1.92. The van der Waals surface area contributed by atoms with Crippen molar-refractivity contribution < 1.29 is 29.5 Å². The average Bonchev–Trinajstić information content (AvgIpc) is 2.02. The number of carbonyl (C=O) groups excluding carboxylic acids is 1. The molecule has 0 saturated carbocycles. The van der Waals surface area contributed by atoms with E-state index >= 15 is 0 Å². The molecule has 0 bridgehead atoms. The van der Waals surface area contributed by atoms with Crippen LogP contribution < -0.4 is 11.4 Å². The van der Waals surface area contributed by atoms with Crippen LogP contribution in [0.2, 0.25) is 0 Å². The Morgan fingerprint density at radius 2 is 2.17 bits per heavy atom. The van der Waals surface area contributed by atoms with Crippen LogP contribution in [-0.2, 0) is 19.3 Å². The maximum Gasteiger partial charge on any atom is 0.383 e. The molecule has 1 atom stereocenters. The number of carbonyl (C=O) groups is 2. The maximum atomic E-state index is 10.4. The molecule has 70 valence electrons. The number of carboxylic acid groups (broad SMARTS) is 1. The fourth-order valence-corrected chi connectivity index (χ4v) is 0.275. The van der Waals surface area contributed by atoms with E-state index in [0.717, 1.165) is 0 Å². The molecule has 0 saturated heterocycles. The summed E-state index contributed by atoms with van der Waals surface area (Å²) in [6.45, 7) is -0.580. The lowest BCUT2D eigenvalue weighted by Gasteiger charge is -2.06. The Bertz CT molecular complexity index is 171. The van der Waals surface area contributed by atoms with Gasteiger partial charge in [-0.15, -0.1) is 5.48 Å². The SMILES string of the molecule is NOC(O)C(=O)ONCC(=O)O. The lowest BCUT2D eigenvalue weighted by Crippen LogP contribution is -2.34. The van der Waals surface area contributed by atoms with Crippen LogP contribution in [0.5, 0.6) is 0 Å². The molecule has 8 heteroatoms. The Morgan fingerprint density at radius 1 is 1.58 bits per heavy atom. The second-order valence-corrected chi connectivity index (χ2v) is 1.62. The van der Waals surface area contributed by atoms with Crippen molar-refractivity contribution in [1.29, 1.82) is 0 Å². The van der Waals surface area contributed by atoms with E-state index in [9.17, 15) is 9.59 Å². The number of aliphatic hydroxyl groups is 1. The number of carboxylic acids is 1. The van der Waals surface area contributed by atoms with Gasteiger partial charge in [-0.25, -0.2) is 10.7 Å². The molecule has 0 rings (SSSR count). The van der Waals surface area contributed by atoms with Crippen molar-refractivity contribution in [2.45, 2.75) is 6.29 Å². The van der Waals surface area contributed by atoms with Crippen molar-refractivity contribution in [3.8, 4) is 0 Å². The molecular weight excluding hydrogens is 172 g/mol. The monoisotopic (exact) mass is 180 g/mol. The molecule has 0 fully saturated rings. The van der Waals surface area contributed by atoms with Crippen LogP contribution in [0.15, 0.2) is 0 Å². The summed E-state index contributed by atoms with van der Waals surface area (Å²) in [5.41, 5.74) is 1.76. The number of hydrogen-bond acceptors (Lipinski definition) is 7. The number of aliphatic carboxylic acids is 1. The summed E-state index contributed by atoms with van der Waals surface area (Å²) in [5, 5.41) is 16.5. The second kappa shape index (κ2) is 5.43. The summed E-state index contributed by atoms with van der Waals surface area (Å²) in [4.78, 5) is 27.9. The van der Waals surface area contributed by atoms with Crippen molar-refractivity contribution in [2.24, 2.45) is 5.90 Å². The van der Waals surface area contributed by atoms with Gasteiger partial charge in [-0.05, 0) is 0 Å². The highest BCUT2D eigenvalue weighted by Gasteiger charge is 2.16. The predicted molar refractivity (Wildman–Crippen MR) is 33.0 cm³/mol. The van der Waals surface area contributed by atoms with Gasteiger partial charge in [0.1, 0.15) is 6.54 Å². The van der Waals surface area contributed by atoms with Gasteiger partial charge in [0.15, 0.2) is 0 Å². The van der Waals surface area contributed by atoms with Gasteiger partial charge in [0, 0.05) is 0 Å². The highest BCUT2D eigenvalue weighted by atomic mass is 16.8. The Hall–Kier alpha value is -1.22. The van der Waals surface area contributed by atoms with Crippen LogP contribution in [0.3, 0.4) is 0 Å². The Kier molecular flexibility index (Phi) is 4.88. The zero-order valence-corrected chi connectivity index (χ0v) is 5.89. The zero-order chi connectivity index (χ0) is 9.56. The summed E-state index contributed by atoms with van der Waals surface area (Å²) in [6, 6.07) is 0. The smallest absolute Gasteiger partial charge is 0.383 e. The van der Waals surface area contributed by atoms with Crippen LogP contribution in [-0.4, -0.2) is 35.0 Å². The number of nitrogens with two attached hydrogens (primary N) is 1. The van der Waals surface area contributed by atoms with E-state index in [2.05, 4.69) is 15.6 Å². The molecule has 0 aromatic rings. The van der Waals surface area contributed by atoms with E-state index in [-0.39, 0.29) is 0 Å². The molecule has 0 aliphatic heterocycles. The Morgan fingerprint density at radius 3 is 2.58 bits per heavy atom. The standard InChI is InChI=1S/C4H8N2O6/c5-11-3(9)4(10)12-6-1-2(7)8/h3,6,9H,1,5H2,(H,7,8). The summed E-state index contributed by atoms with van der Waals surface area (Å²) in [5.74, 6) is 1.97. The maximum absolute atomic E-state index is 10.4. The molecule has 0 radical (unpaired) electrons. The Balaban J connectivity index is 3.50. The van der Waals surface area contributed by atoms with E-state index in [0.29, 0.717) is 0 Å². The number of aliphatic hydroxyl groups excluding tert-OH is 1. The lowest BCUT2D eigenvalue weighted by atomic mass is 10.7. The third kappa shape index (κ3) is 4.57. The fourth-order valence-electron chi connectivity index (χ4n) is 0.275. The van der Waals surface area contributed by atoms with Gasteiger partial charge >= 0.3 is 11.9 Å². The topological polar surface area (TPSA) is 131 Å². The number of hydrogen-bond donors (Lipinski definition) is 4. The molecule has 0 aliphatic carbocycles. The van der Waals surface area contributed by atoms with Crippen LogP contribution in [0, 0.1) is 0 Å². The van der Waals surface area contributed by atoms with Gasteiger partial charge in [-0.2, -0.15) is 0 Å². The summed E-state index contributed by atoms with van der Waals surface area (Å²) in [7, 11) is 0. The van der Waals surface area contributed by atoms with E-state index < -0.39 is 24.8 Å². The Labute approximate surface area is 66.8 Å². The average molecular weight is 180 g/mol. The minimum absolute atomic E-state index is 0.580. The van der Waals surface area contributed by atoms with Crippen LogP contribution in [0.1, 0.15) is 0 Å². The van der Waals surface area contributed by atoms with E-state index in [4.69, 9.17) is 10.2 Å². The van der Waals surface area contributed by atoms with Crippen LogP contribution in [0.25, 0.3) is 0 Å². The molecule has 5 N–H and O–H groups in total. The third-order valence-corrected chi connectivity index (χ3v) is 0.727. The number of rotatable bonds is 5. The van der Waals surface area contributed by atoms with Gasteiger partial charge in [-0.3, -0.25) is 9.63 Å². The summed E-state index contributed by atoms with van der Waals surface area (Å²) >= 11 is 0. The van der Waals surface area contributed by atoms with Crippen LogP contribution >= 0.6 is 0 Å². The molecule has 0 heterocycles. The number of nitrogens with one attached hydrogen (secondary N) is 1. The molecule has 8 nitrogen and oxygen atoms in total. The molecule has 1 unspecified atom stereocenters. The molecule has 0 spiro atoms. The predicted octanol–water partition coefficient (Wildman–Crippen LogP) is -2.67. The molecule has 0 aliphatic rings. The quantitative estimate of drug-likeness (QED) is 0.266. The van der Waals surface area contributed by atoms with Gasteiger partial charge < -0.3 is 15.1 Å². The van der Waals surface area contributed by atoms with Gasteiger partial charge in [0.2, 0.25) is 0 Å². The number of hydroxylamine groups is 1. The van der Waals surface area contributed by atoms with E-state index in [1.807, 2.05) is 0 Å². The highest BCUT2D eigenvalue weighted by molar-refractivity contribution is 5.73. The highest BCUT2D eigenvalue weighted by Crippen LogP contribution is 1.83. The first-order valence-corrected chi connectivity index (χ1v) is 2.77. The first kappa shape index (κ1) is 10.8. The molecule has 0 amide bonds. The van der Waals surface area contributed by atoms with Gasteiger partial charge in [0.05, 0.1) is 0 Å². The van der Waals surface area contributed by atoms with E-state index in [1.54, 1.807) is 5.48 Å².